The van der Waals surface area contributed by atoms with Crippen molar-refractivity contribution in [3.05, 3.63) is 82.4 Å². The maximum absolute atomic E-state index is 13.9. The molecule has 2 aliphatic rings. The highest BCUT2D eigenvalue weighted by Crippen LogP contribution is 2.44. The zero-order chi connectivity index (χ0) is 31.4. The van der Waals surface area contributed by atoms with Gasteiger partial charge in [0.2, 0.25) is 11.8 Å². The number of rotatable bonds is 10. The Hall–Kier alpha value is -3.71. The first-order chi connectivity index (χ1) is 21.2. The molecule has 234 valence electrons. The molecule has 0 radical (unpaired) electrons. The molecular weight excluding hydrogens is 574 g/mol. The Morgan fingerprint density at radius 3 is 2.32 bits per heavy atom. The number of halogens is 1. The number of carbonyl (C=O) groups is 2. The second-order valence-electron chi connectivity index (χ2n) is 12.3. The van der Waals surface area contributed by atoms with Gasteiger partial charge in [-0.15, -0.1) is 0 Å². The minimum atomic E-state index is -0.351. The van der Waals surface area contributed by atoms with E-state index in [9.17, 15) is 9.59 Å². The molecule has 1 atom stereocenters. The molecule has 1 heterocycles. The zero-order valence-electron chi connectivity index (χ0n) is 26.4. The van der Waals surface area contributed by atoms with Gasteiger partial charge >= 0.3 is 0 Å². The van der Waals surface area contributed by atoms with Gasteiger partial charge in [0.15, 0.2) is 11.5 Å². The number of benzene rings is 3. The molecular formula is C36H44ClN3O4. The van der Waals surface area contributed by atoms with Crippen molar-refractivity contribution in [2.75, 3.05) is 30.5 Å². The van der Waals surface area contributed by atoms with Crippen LogP contribution in [-0.4, -0.2) is 44.7 Å². The van der Waals surface area contributed by atoms with Gasteiger partial charge in [0.05, 0.1) is 25.7 Å². The molecule has 2 amide bonds. The van der Waals surface area contributed by atoms with E-state index in [2.05, 4.69) is 29.4 Å². The van der Waals surface area contributed by atoms with E-state index in [4.69, 9.17) is 21.1 Å². The van der Waals surface area contributed by atoms with Gasteiger partial charge in [-0.3, -0.25) is 9.59 Å². The van der Waals surface area contributed by atoms with E-state index in [1.54, 1.807) is 7.11 Å². The number of nitrogens with one attached hydrogen (secondary N) is 1. The molecule has 1 fully saturated rings. The van der Waals surface area contributed by atoms with Crippen molar-refractivity contribution in [3.63, 3.8) is 0 Å². The summed E-state index contributed by atoms with van der Waals surface area (Å²) < 4.78 is 11.8. The fourth-order valence-corrected chi connectivity index (χ4v) is 6.63. The molecule has 0 unspecified atom stereocenters. The number of methoxy groups -OCH3 is 1. The largest absolute Gasteiger partial charge is 0.493 e. The number of ether oxygens (including phenoxy) is 2. The van der Waals surface area contributed by atoms with E-state index >= 15 is 0 Å². The molecule has 1 N–H and O–H groups in total. The number of hydrogen-bond donors (Lipinski definition) is 1. The van der Waals surface area contributed by atoms with Crippen LogP contribution >= 0.6 is 11.6 Å². The molecule has 5 rings (SSSR count). The van der Waals surface area contributed by atoms with Crippen molar-refractivity contribution in [2.24, 2.45) is 5.92 Å². The number of carbonyl (C=O) groups excluding carboxylic acids is 2. The lowest BCUT2D eigenvalue weighted by atomic mass is 9.85. The number of nitrogens with zero attached hydrogens (tertiary/aromatic N) is 2. The monoisotopic (exact) mass is 617 g/mol. The smallest absolute Gasteiger partial charge is 0.232 e. The number of anilines is 2. The summed E-state index contributed by atoms with van der Waals surface area (Å²) >= 11 is 6.27. The van der Waals surface area contributed by atoms with Crippen LogP contribution in [0.2, 0.25) is 5.02 Å². The van der Waals surface area contributed by atoms with Crippen molar-refractivity contribution in [3.8, 4) is 11.5 Å². The molecule has 0 saturated heterocycles. The zero-order valence-corrected chi connectivity index (χ0v) is 27.2. The average Bonchev–Trinajstić information content (AvgIpc) is 3.01. The summed E-state index contributed by atoms with van der Waals surface area (Å²) in [5.74, 6) is 2.03. The van der Waals surface area contributed by atoms with Gasteiger partial charge in [-0.2, -0.15) is 0 Å². The molecule has 1 aliphatic heterocycles. The first-order valence-electron chi connectivity index (χ1n) is 15.7. The van der Waals surface area contributed by atoms with E-state index in [0.717, 1.165) is 60.3 Å². The number of hydrogen-bond acceptors (Lipinski definition) is 5. The second-order valence-corrected chi connectivity index (χ2v) is 12.7. The van der Waals surface area contributed by atoms with Gasteiger partial charge in [0.25, 0.3) is 0 Å². The van der Waals surface area contributed by atoms with Crippen LogP contribution in [0.3, 0.4) is 0 Å². The Balaban J connectivity index is 1.39. The summed E-state index contributed by atoms with van der Waals surface area (Å²) in [6.07, 6.45) is 5.05. The summed E-state index contributed by atoms with van der Waals surface area (Å²) in [5, 5.41) is 3.80. The minimum absolute atomic E-state index is 0.0186. The van der Waals surface area contributed by atoms with Gasteiger partial charge < -0.3 is 24.6 Å². The first kappa shape index (κ1) is 31.7. The fourth-order valence-electron chi connectivity index (χ4n) is 6.51. The Morgan fingerprint density at radius 1 is 1.02 bits per heavy atom. The van der Waals surface area contributed by atoms with Crippen molar-refractivity contribution in [2.45, 2.75) is 77.5 Å². The van der Waals surface area contributed by atoms with Crippen LogP contribution in [0, 0.1) is 5.92 Å². The van der Waals surface area contributed by atoms with Crippen LogP contribution in [-0.2, 0) is 16.0 Å². The molecule has 0 aromatic heterocycles. The summed E-state index contributed by atoms with van der Waals surface area (Å²) in [4.78, 5) is 29.8. The van der Waals surface area contributed by atoms with Crippen LogP contribution < -0.4 is 24.6 Å². The molecule has 3 aromatic carbocycles. The third kappa shape index (κ3) is 7.15. The summed E-state index contributed by atoms with van der Waals surface area (Å²) in [7, 11) is 3.75. The molecule has 44 heavy (non-hydrogen) atoms. The molecule has 1 aliphatic carbocycles. The van der Waals surface area contributed by atoms with Gasteiger partial charge in [0, 0.05) is 42.5 Å². The highest BCUT2D eigenvalue weighted by Gasteiger charge is 2.36. The molecule has 3 aromatic rings. The van der Waals surface area contributed by atoms with Gasteiger partial charge in [-0.1, -0.05) is 30.7 Å². The molecule has 0 spiro atoms. The first-order valence-corrected chi connectivity index (χ1v) is 16.1. The fraction of sp³-hybridized carbons (Fsp3) is 0.444. The van der Waals surface area contributed by atoms with E-state index in [1.807, 2.05) is 74.2 Å². The lowest BCUT2D eigenvalue weighted by Crippen LogP contribution is -2.41. The highest BCUT2D eigenvalue weighted by atomic mass is 35.5. The van der Waals surface area contributed by atoms with E-state index < -0.39 is 0 Å². The maximum atomic E-state index is 13.9. The van der Waals surface area contributed by atoms with Crippen LogP contribution in [0.15, 0.2) is 60.7 Å². The predicted molar refractivity (Wildman–Crippen MR) is 177 cm³/mol. The lowest BCUT2D eigenvalue weighted by Gasteiger charge is -2.38. The van der Waals surface area contributed by atoms with Crippen molar-refractivity contribution >= 4 is 34.8 Å². The van der Waals surface area contributed by atoms with E-state index in [1.165, 1.54) is 0 Å². The summed E-state index contributed by atoms with van der Waals surface area (Å²) in [5.41, 5.74) is 4.86. The Labute approximate surface area is 266 Å². The van der Waals surface area contributed by atoms with Crippen LogP contribution in [0.5, 0.6) is 11.5 Å². The molecule has 8 heteroatoms. The quantitative estimate of drug-likeness (QED) is 0.258. The topological polar surface area (TPSA) is 71.1 Å². The Kier molecular flexibility index (Phi) is 10.0. The summed E-state index contributed by atoms with van der Waals surface area (Å²) in [6.45, 7) is 6.83. The van der Waals surface area contributed by atoms with Gasteiger partial charge in [-0.25, -0.2) is 0 Å². The predicted octanol–water partition coefficient (Wildman–Crippen LogP) is 7.34. The van der Waals surface area contributed by atoms with Gasteiger partial charge in [0.1, 0.15) is 0 Å². The number of amides is 2. The van der Waals surface area contributed by atoms with Gasteiger partial charge in [-0.05, 0) is 111 Å². The highest BCUT2D eigenvalue weighted by molar-refractivity contribution is 6.30. The molecule has 7 nitrogen and oxygen atoms in total. The lowest BCUT2D eigenvalue weighted by molar-refractivity contribution is -0.121. The standard InChI is InChI=1S/C36H44ClN3O4/c1-6-34(41)38-28-13-7-24(8-14-28)22-39(4)29-15-17-30(18-16-29)40-35(42)20-26-19-32(43-5)33(44-23(2)3)21-31(26)36(40)25-9-11-27(37)12-10-25/h9-12,15-19,21,23-24,28,36H,6-8,13-14,20,22H2,1-5H3,(H,38,41)/t24-,28-,36-/m0/s1. The average molecular weight is 618 g/mol. The third-order valence-electron chi connectivity index (χ3n) is 8.77. The minimum Gasteiger partial charge on any atom is -0.493 e. The van der Waals surface area contributed by atoms with Crippen molar-refractivity contribution < 1.29 is 19.1 Å². The molecule has 1 saturated carbocycles. The SMILES string of the molecule is CCC(=O)N[C@H]1CC[C@H](CN(C)c2ccc(N3C(=O)Cc4cc(OC)c(OC(C)C)cc4[C@@H]3c3ccc(Cl)cc3)cc2)CC1. The van der Waals surface area contributed by atoms with Crippen LogP contribution in [0.4, 0.5) is 11.4 Å². The summed E-state index contributed by atoms with van der Waals surface area (Å²) in [6, 6.07) is 19.9. The van der Waals surface area contributed by atoms with Crippen LogP contribution in [0.25, 0.3) is 0 Å². The van der Waals surface area contributed by atoms with Crippen molar-refractivity contribution in [1.29, 1.82) is 0 Å². The van der Waals surface area contributed by atoms with E-state index in [-0.39, 0.29) is 30.4 Å². The third-order valence-corrected chi connectivity index (χ3v) is 9.02. The second kappa shape index (κ2) is 13.9. The maximum Gasteiger partial charge on any atom is 0.232 e. The normalized spacial score (nSPS) is 19.8. The van der Waals surface area contributed by atoms with E-state index in [0.29, 0.717) is 34.9 Å². The Bertz CT molecular complexity index is 1450. The Morgan fingerprint density at radius 2 is 1.70 bits per heavy atom. The molecule has 0 bridgehead atoms. The van der Waals surface area contributed by atoms with Crippen LogP contribution in [0.1, 0.15) is 75.6 Å². The number of fused-ring (bicyclic) bond motifs is 1. The van der Waals surface area contributed by atoms with Crippen molar-refractivity contribution in [1.82, 2.24) is 5.32 Å².